The van der Waals surface area contributed by atoms with Gasteiger partial charge < -0.3 is 15.0 Å². The number of hydrogen-bond donors (Lipinski definition) is 1. The van der Waals surface area contributed by atoms with E-state index in [-0.39, 0.29) is 24.5 Å². The van der Waals surface area contributed by atoms with E-state index in [4.69, 9.17) is 4.74 Å². The van der Waals surface area contributed by atoms with Crippen molar-refractivity contribution in [2.24, 2.45) is 5.92 Å². The van der Waals surface area contributed by atoms with Gasteiger partial charge in [0.15, 0.2) is 0 Å². The maximum atomic E-state index is 11.7. The van der Waals surface area contributed by atoms with Gasteiger partial charge in [-0.2, -0.15) is 0 Å². The summed E-state index contributed by atoms with van der Waals surface area (Å²) in [5.74, 6) is 0.236. The fourth-order valence-corrected chi connectivity index (χ4v) is 1.89. The highest BCUT2D eigenvalue weighted by atomic mass is 16.5. The van der Waals surface area contributed by atoms with Crippen LogP contribution in [0.2, 0.25) is 0 Å². The lowest BCUT2D eigenvalue weighted by molar-refractivity contribution is -0.135. The molecule has 18 heavy (non-hydrogen) atoms. The zero-order valence-electron chi connectivity index (χ0n) is 11.6. The SMILES string of the molecule is CC(=O)N(CC(=O)NCC(C)C)CC1CCCO1. The minimum absolute atomic E-state index is 0.0785. The summed E-state index contributed by atoms with van der Waals surface area (Å²) in [4.78, 5) is 24.7. The Morgan fingerprint density at radius 1 is 1.44 bits per heavy atom. The number of carbonyl (C=O) groups excluding carboxylic acids is 2. The van der Waals surface area contributed by atoms with Gasteiger partial charge in [-0.05, 0) is 18.8 Å². The highest BCUT2D eigenvalue weighted by Gasteiger charge is 2.22. The van der Waals surface area contributed by atoms with E-state index in [1.807, 2.05) is 13.8 Å². The van der Waals surface area contributed by atoms with Crippen LogP contribution in [-0.4, -0.2) is 49.1 Å². The first-order chi connectivity index (χ1) is 8.49. The standard InChI is InChI=1S/C13H24N2O3/c1-10(2)7-14-13(17)9-15(11(3)16)8-12-5-4-6-18-12/h10,12H,4-9H2,1-3H3,(H,14,17). The number of nitrogens with one attached hydrogen (secondary N) is 1. The second-order valence-electron chi connectivity index (χ2n) is 5.23. The molecular weight excluding hydrogens is 232 g/mol. The van der Waals surface area contributed by atoms with Crippen LogP contribution in [0.1, 0.15) is 33.6 Å². The maximum absolute atomic E-state index is 11.7. The average Bonchev–Trinajstić information content (AvgIpc) is 2.78. The van der Waals surface area contributed by atoms with Crippen molar-refractivity contribution in [3.05, 3.63) is 0 Å². The molecule has 0 bridgehead atoms. The molecule has 1 atom stereocenters. The molecule has 0 spiro atoms. The van der Waals surface area contributed by atoms with Crippen molar-refractivity contribution in [2.75, 3.05) is 26.2 Å². The largest absolute Gasteiger partial charge is 0.376 e. The van der Waals surface area contributed by atoms with Gasteiger partial charge >= 0.3 is 0 Å². The van der Waals surface area contributed by atoms with Gasteiger partial charge in [0, 0.05) is 26.6 Å². The van der Waals surface area contributed by atoms with E-state index >= 15 is 0 Å². The fourth-order valence-electron chi connectivity index (χ4n) is 1.89. The van der Waals surface area contributed by atoms with Crippen molar-refractivity contribution in [2.45, 2.75) is 39.7 Å². The number of hydrogen-bond acceptors (Lipinski definition) is 3. The molecule has 1 unspecified atom stereocenters. The first-order valence-electron chi connectivity index (χ1n) is 6.63. The quantitative estimate of drug-likeness (QED) is 0.764. The number of carbonyl (C=O) groups is 2. The van der Waals surface area contributed by atoms with Crippen LogP contribution in [0.4, 0.5) is 0 Å². The molecule has 5 heteroatoms. The summed E-state index contributed by atoms with van der Waals surface area (Å²) in [6.45, 7) is 7.61. The summed E-state index contributed by atoms with van der Waals surface area (Å²) >= 11 is 0. The molecule has 2 amide bonds. The number of amides is 2. The van der Waals surface area contributed by atoms with E-state index in [0.29, 0.717) is 19.0 Å². The summed E-state index contributed by atoms with van der Waals surface area (Å²) in [5, 5.41) is 2.82. The van der Waals surface area contributed by atoms with Crippen molar-refractivity contribution in [1.82, 2.24) is 10.2 Å². The van der Waals surface area contributed by atoms with E-state index in [1.54, 1.807) is 4.90 Å². The molecule has 1 fully saturated rings. The number of rotatable bonds is 6. The Kier molecular flexibility index (Phi) is 6.12. The smallest absolute Gasteiger partial charge is 0.239 e. The summed E-state index contributed by atoms with van der Waals surface area (Å²) in [6.07, 6.45) is 2.10. The van der Waals surface area contributed by atoms with Crippen molar-refractivity contribution in [1.29, 1.82) is 0 Å². The zero-order chi connectivity index (χ0) is 13.5. The predicted molar refractivity (Wildman–Crippen MR) is 69.1 cm³/mol. The monoisotopic (exact) mass is 256 g/mol. The summed E-state index contributed by atoms with van der Waals surface area (Å²) < 4.78 is 5.49. The van der Waals surface area contributed by atoms with Gasteiger partial charge in [-0.25, -0.2) is 0 Å². The molecule has 1 N–H and O–H groups in total. The van der Waals surface area contributed by atoms with Gasteiger partial charge in [-0.3, -0.25) is 9.59 Å². The lowest BCUT2D eigenvalue weighted by Crippen LogP contribution is -2.43. The predicted octanol–water partition coefficient (Wildman–Crippen LogP) is 0.786. The molecule has 0 aromatic heterocycles. The molecule has 1 rings (SSSR count). The lowest BCUT2D eigenvalue weighted by atomic mass is 10.2. The molecule has 0 aromatic carbocycles. The van der Waals surface area contributed by atoms with E-state index in [1.165, 1.54) is 6.92 Å². The molecule has 1 saturated heterocycles. The van der Waals surface area contributed by atoms with Gasteiger partial charge in [0.1, 0.15) is 0 Å². The Morgan fingerprint density at radius 3 is 2.67 bits per heavy atom. The maximum Gasteiger partial charge on any atom is 0.239 e. The Hall–Kier alpha value is -1.10. The third-order valence-electron chi connectivity index (χ3n) is 2.94. The van der Waals surface area contributed by atoms with Crippen molar-refractivity contribution < 1.29 is 14.3 Å². The average molecular weight is 256 g/mol. The van der Waals surface area contributed by atoms with Gasteiger partial charge in [0.05, 0.1) is 12.6 Å². The highest BCUT2D eigenvalue weighted by molar-refractivity contribution is 5.83. The third kappa shape index (κ3) is 5.49. The number of ether oxygens (including phenoxy) is 1. The Bertz CT molecular complexity index is 286. The minimum Gasteiger partial charge on any atom is -0.376 e. The van der Waals surface area contributed by atoms with Crippen LogP contribution >= 0.6 is 0 Å². The molecule has 0 radical (unpaired) electrons. The first-order valence-corrected chi connectivity index (χ1v) is 6.63. The second-order valence-corrected chi connectivity index (χ2v) is 5.23. The van der Waals surface area contributed by atoms with Crippen LogP contribution in [0.3, 0.4) is 0 Å². The fraction of sp³-hybridized carbons (Fsp3) is 0.846. The van der Waals surface area contributed by atoms with E-state index < -0.39 is 0 Å². The van der Waals surface area contributed by atoms with Crippen molar-refractivity contribution in [3.63, 3.8) is 0 Å². The van der Waals surface area contributed by atoms with Gasteiger partial charge in [0.2, 0.25) is 11.8 Å². The highest BCUT2D eigenvalue weighted by Crippen LogP contribution is 2.13. The minimum atomic E-state index is -0.100. The van der Waals surface area contributed by atoms with Crippen molar-refractivity contribution in [3.8, 4) is 0 Å². The summed E-state index contributed by atoms with van der Waals surface area (Å²) in [6, 6.07) is 0. The zero-order valence-corrected chi connectivity index (χ0v) is 11.6. The van der Waals surface area contributed by atoms with Crippen molar-refractivity contribution >= 4 is 11.8 Å². The Balaban J connectivity index is 2.36. The van der Waals surface area contributed by atoms with Gasteiger partial charge in [-0.15, -0.1) is 0 Å². The van der Waals surface area contributed by atoms with Gasteiger partial charge in [-0.1, -0.05) is 13.8 Å². The second kappa shape index (κ2) is 7.36. The molecule has 0 aromatic rings. The Morgan fingerprint density at radius 2 is 2.17 bits per heavy atom. The Labute approximate surface area is 109 Å². The third-order valence-corrected chi connectivity index (χ3v) is 2.94. The van der Waals surface area contributed by atoms with E-state index in [0.717, 1.165) is 19.4 Å². The summed E-state index contributed by atoms with van der Waals surface area (Å²) in [5.41, 5.74) is 0. The molecule has 104 valence electrons. The van der Waals surface area contributed by atoms with Crippen LogP contribution in [0.15, 0.2) is 0 Å². The van der Waals surface area contributed by atoms with Crippen LogP contribution in [0.25, 0.3) is 0 Å². The van der Waals surface area contributed by atoms with E-state index in [9.17, 15) is 9.59 Å². The molecule has 0 saturated carbocycles. The molecule has 1 aliphatic heterocycles. The molecular formula is C13H24N2O3. The topological polar surface area (TPSA) is 58.6 Å². The number of nitrogens with zero attached hydrogens (tertiary/aromatic N) is 1. The van der Waals surface area contributed by atoms with Gasteiger partial charge in [0.25, 0.3) is 0 Å². The molecule has 5 nitrogen and oxygen atoms in total. The normalized spacial score (nSPS) is 19.0. The summed E-state index contributed by atoms with van der Waals surface area (Å²) in [7, 11) is 0. The van der Waals surface area contributed by atoms with Crippen LogP contribution in [-0.2, 0) is 14.3 Å². The molecule has 0 aliphatic carbocycles. The van der Waals surface area contributed by atoms with Crippen LogP contribution in [0.5, 0.6) is 0 Å². The first kappa shape index (κ1) is 15.0. The van der Waals surface area contributed by atoms with Crippen LogP contribution in [0, 0.1) is 5.92 Å². The van der Waals surface area contributed by atoms with E-state index in [2.05, 4.69) is 5.32 Å². The molecule has 1 aliphatic rings. The lowest BCUT2D eigenvalue weighted by Gasteiger charge is -2.23. The van der Waals surface area contributed by atoms with Crippen LogP contribution < -0.4 is 5.32 Å². The molecule has 1 heterocycles.